The van der Waals surface area contributed by atoms with Gasteiger partial charge in [0.15, 0.2) is 9.60 Å². The second-order valence-electron chi connectivity index (χ2n) is 4.24. The monoisotopic (exact) mass is 269 g/mol. The summed E-state index contributed by atoms with van der Waals surface area (Å²) in [5.74, 6) is 0.303. The Bertz CT molecular complexity index is 726. The van der Waals surface area contributed by atoms with Gasteiger partial charge in [-0.15, -0.1) is 0 Å². The molecule has 3 aromatic rings. The van der Waals surface area contributed by atoms with Crippen LogP contribution in [0.2, 0.25) is 0 Å². The SMILES string of the molecule is CC(=O)Oc1ccc(-[s+]2ccc3ccccc32)cc1. The number of esters is 1. The molecular weight excluding hydrogens is 256 g/mol. The Hall–Kier alpha value is -2.13. The minimum absolute atomic E-state index is 0.00761. The molecule has 0 aliphatic carbocycles. The van der Waals surface area contributed by atoms with Crippen LogP contribution < -0.4 is 4.74 Å². The van der Waals surface area contributed by atoms with Gasteiger partial charge in [-0.2, -0.15) is 0 Å². The van der Waals surface area contributed by atoms with Crippen molar-refractivity contribution >= 4 is 26.5 Å². The number of carbonyl (C=O) groups excluding carboxylic acids is 1. The van der Waals surface area contributed by atoms with Crippen molar-refractivity contribution in [2.75, 3.05) is 0 Å². The highest BCUT2D eigenvalue weighted by Crippen LogP contribution is 2.39. The van der Waals surface area contributed by atoms with E-state index in [1.165, 1.54) is 21.9 Å². The summed E-state index contributed by atoms with van der Waals surface area (Å²) in [6.07, 6.45) is 0. The number of fused-ring (bicyclic) bond motifs is 1. The first kappa shape index (κ1) is 11.9. The summed E-state index contributed by atoms with van der Waals surface area (Å²) in [4.78, 5) is 12.1. The maximum Gasteiger partial charge on any atom is 0.308 e. The molecule has 1 heterocycles. The van der Waals surface area contributed by atoms with Crippen LogP contribution in [-0.2, 0) is 4.79 Å². The van der Waals surface area contributed by atoms with Crippen LogP contribution >= 0.6 is 10.5 Å². The van der Waals surface area contributed by atoms with Gasteiger partial charge in [-0.3, -0.25) is 4.79 Å². The number of ether oxygens (including phenoxy) is 1. The van der Waals surface area contributed by atoms with E-state index in [-0.39, 0.29) is 16.4 Å². The maximum absolute atomic E-state index is 10.9. The zero-order valence-corrected chi connectivity index (χ0v) is 11.3. The molecule has 0 radical (unpaired) electrons. The Balaban J connectivity index is 2.00. The topological polar surface area (TPSA) is 26.3 Å². The Morgan fingerprint density at radius 3 is 2.47 bits per heavy atom. The van der Waals surface area contributed by atoms with E-state index in [9.17, 15) is 4.79 Å². The van der Waals surface area contributed by atoms with E-state index < -0.39 is 0 Å². The maximum atomic E-state index is 10.9. The summed E-state index contributed by atoms with van der Waals surface area (Å²) >= 11 is 0. The summed E-state index contributed by atoms with van der Waals surface area (Å²) in [6, 6.07) is 18.3. The van der Waals surface area contributed by atoms with Crippen LogP contribution in [0, 0.1) is 0 Å². The molecule has 0 spiro atoms. The van der Waals surface area contributed by atoms with E-state index in [0.29, 0.717) is 5.75 Å². The molecule has 2 aromatic carbocycles. The lowest BCUT2D eigenvalue weighted by Crippen LogP contribution is -2.00. The average molecular weight is 269 g/mol. The number of thiophene rings is 1. The Morgan fingerprint density at radius 2 is 1.74 bits per heavy atom. The molecule has 0 saturated heterocycles. The zero-order chi connectivity index (χ0) is 13.2. The third-order valence-corrected chi connectivity index (χ3v) is 4.91. The number of carbonyl (C=O) groups is 1. The van der Waals surface area contributed by atoms with E-state index in [1.807, 2.05) is 24.3 Å². The van der Waals surface area contributed by atoms with Gasteiger partial charge in [0.25, 0.3) is 0 Å². The highest BCUT2D eigenvalue weighted by atomic mass is 32.2. The van der Waals surface area contributed by atoms with Gasteiger partial charge in [-0.1, -0.05) is 12.1 Å². The molecule has 0 aliphatic heterocycles. The normalized spacial score (nSPS) is 11.5. The molecule has 0 amide bonds. The molecule has 3 rings (SSSR count). The Morgan fingerprint density at radius 1 is 1.00 bits per heavy atom. The summed E-state index contributed by atoms with van der Waals surface area (Å²) in [5.41, 5.74) is 0. The van der Waals surface area contributed by atoms with Crippen LogP contribution in [-0.4, -0.2) is 5.97 Å². The molecule has 0 bridgehead atoms. The van der Waals surface area contributed by atoms with Crippen molar-refractivity contribution < 1.29 is 9.53 Å². The summed E-state index contributed by atoms with van der Waals surface area (Å²) in [7, 11) is -0.00761. The molecule has 94 valence electrons. The molecule has 1 atom stereocenters. The third kappa shape index (κ3) is 2.37. The molecule has 3 heteroatoms. The summed E-state index contributed by atoms with van der Waals surface area (Å²) in [6.45, 7) is 1.41. The van der Waals surface area contributed by atoms with Crippen LogP contribution in [0.5, 0.6) is 5.75 Å². The van der Waals surface area contributed by atoms with Crippen LogP contribution in [0.25, 0.3) is 15.0 Å². The Labute approximate surface area is 114 Å². The lowest BCUT2D eigenvalue weighted by Gasteiger charge is -1.99. The predicted molar refractivity (Wildman–Crippen MR) is 79.1 cm³/mol. The minimum Gasteiger partial charge on any atom is -0.427 e. The fraction of sp³-hybridized carbons (Fsp3) is 0.0625. The van der Waals surface area contributed by atoms with Crippen LogP contribution in [0.3, 0.4) is 0 Å². The molecule has 1 unspecified atom stereocenters. The van der Waals surface area contributed by atoms with Crippen molar-refractivity contribution in [3.8, 4) is 10.6 Å². The van der Waals surface area contributed by atoms with Gasteiger partial charge in [0, 0.05) is 41.0 Å². The average Bonchev–Trinajstić information content (AvgIpc) is 2.83. The van der Waals surface area contributed by atoms with E-state index in [2.05, 4.69) is 35.7 Å². The van der Waals surface area contributed by atoms with Gasteiger partial charge in [0.2, 0.25) is 0 Å². The van der Waals surface area contributed by atoms with Gasteiger partial charge in [0.05, 0.1) is 0 Å². The quantitative estimate of drug-likeness (QED) is 0.389. The van der Waals surface area contributed by atoms with Crippen molar-refractivity contribution in [1.82, 2.24) is 0 Å². The Kier molecular flexibility index (Phi) is 3.05. The molecule has 0 N–H and O–H groups in total. The number of rotatable bonds is 2. The standard InChI is InChI=1S/C16H13O2S/c1-12(17)18-14-6-8-15(9-7-14)19-11-10-13-4-2-3-5-16(13)19/h2-11H,1H3/q+1. The largest absolute Gasteiger partial charge is 0.427 e. The van der Waals surface area contributed by atoms with Gasteiger partial charge in [-0.05, 0) is 24.3 Å². The summed E-state index contributed by atoms with van der Waals surface area (Å²) in [5, 5.41) is 3.51. The van der Waals surface area contributed by atoms with Gasteiger partial charge < -0.3 is 4.74 Å². The third-order valence-electron chi connectivity index (χ3n) is 2.88. The molecule has 0 saturated carbocycles. The van der Waals surface area contributed by atoms with Gasteiger partial charge in [0.1, 0.15) is 11.1 Å². The second kappa shape index (κ2) is 4.86. The van der Waals surface area contributed by atoms with Gasteiger partial charge >= 0.3 is 5.97 Å². The molecule has 0 fully saturated rings. The highest BCUT2D eigenvalue weighted by Gasteiger charge is 2.14. The zero-order valence-electron chi connectivity index (χ0n) is 10.5. The smallest absolute Gasteiger partial charge is 0.308 e. The van der Waals surface area contributed by atoms with Crippen molar-refractivity contribution in [1.29, 1.82) is 0 Å². The number of benzene rings is 2. The minimum atomic E-state index is -0.290. The van der Waals surface area contributed by atoms with Crippen LogP contribution in [0.15, 0.2) is 60.0 Å². The number of hydrogen-bond acceptors (Lipinski definition) is 2. The molecular formula is C16H13O2S+. The number of hydrogen-bond donors (Lipinski definition) is 0. The van der Waals surface area contributed by atoms with E-state index in [0.717, 1.165) is 0 Å². The van der Waals surface area contributed by atoms with Crippen molar-refractivity contribution in [3.63, 3.8) is 0 Å². The second-order valence-corrected chi connectivity index (χ2v) is 6.10. The molecule has 2 nitrogen and oxygen atoms in total. The fourth-order valence-corrected chi connectivity index (χ4v) is 3.94. The first-order valence-corrected chi connectivity index (χ1v) is 7.31. The van der Waals surface area contributed by atoms with Crippen LogP contribution in [0.1, 0.15) is 6.92 Å². The lowest BCUT2D eigenvalue weighted by atomic mass is 10.3. The molecule has 0 aliphatic rings. The molecule has 19 heavy (non-hydrogen) atoms. The summed E-state index contributed by atoms with van der Waals surface area (Å²) < 4.78 is 6.40. The lowest BCUT2D eigenvalue weighted by molar-refractivity contribution is -0.131. The highest BCUT2D eigenvalue weighted by molar-refractivity contribution is 7.43. The molecule has 1 aromatic heterocycles. The van der Waals surface area contributed by atoms with Crippen molar-refractivity contribution in [3.05, 3.63) is 60.0 Å². The van der Waals surface area contributed by atoms with Crippen molar-refractivity contribution in [2.24, 2.45) is 0 Å². The van der Waals surface area contributed by atoms with Crippen molar-refractivity contribution in [2.45, 2.75) is 6.92 Å². The van der Waals surface area contributed by atoms with Gasteiger partial charge in [-0.25, -0.2) is 0 Å². The predicted octanol–water partition coefficient (Wildman–Crippen LogP) is 4.50. The van der Waals surface area contributed by atoms with E-state index >= 15 is 0 Å². The van der Waals surface area contributed by atoms with Crippen LogP contribution in [0.4, 0.5) is 0 Å². The fourth-order valence-electron chi connectivity index (χ4n) is 2.06. The first-order chi connectivity index (χ1) is 9.24. The van der Waals surface area contributed by atoms with E-state index in [4.69, 9.17) is 4.74 Å². The van der Waals surface area contributed by atoms with E-state index in [1.54, 1.807) is 0 Å². The first-order valence-electron chi connectivity index (χ1n) is 6.03.